The van der Waals surface area contributed by atoms with E-state index in [0.717, 1.165) is 42.1 Å². The molecule has 0 amide bonds. The number of fused-ring (bicyclic) bond motifs is 1. The van der Waals surface area contributed by atoms with E-state index < -0.39 is 11.7 Å². The molecular formula is C24H25F3N2O2. The predicted molar refractivity (Wildman–Crippen MR) is 112 cm³/mol. The smallest absolute Gasteiger partial charge is 0.416 e. The first-order chi connectivity index (χ1) is 14.9. The molecule has 1 aliphatic rings. The minimum Gasteiger partial charge on any atom is -0.497 e. The van der Waals surface area contributed by atoms with Gasteiger partial charge in [0.15, 0.2) is 0 Å². The van der Waals surface area contributed by atoms with Crippen LogP contribution in [0, 0.1) is 0 Å². The molecule has 31 heavy (non-hydrogen) atoms. The summed E-state index contributed by atoms with van der Waals surface area (Å²) < 4.78 is 52.3. The van der Waals surface area contributed by atoms with E-state index in [1.54, 1.807) is 26.4 Å². The summed E-state index contributed by atoms with van der Waals surface area (Å²) >= 11 is 0. The fourth-order valence-electron chi connectivity index (χ4n) is 4.25. The summed E-state index contributed by atoms with van der Waals surface area (Å²) in [5.41, 5.74) is 2.27. The van der Waals surface area contributed by atoms with E-state index in [-0.39, 0.29) is 6.04 Å². The van der Waals surface area contributed by atoms with Gasteiger partial charge in [-0.2, -0.15) is 13.2 Å². The molecule has 1 atom stereocenters. The van der Waals surface area contributed by atoms with Crippen molar-refractivity contribution in [1.82, 2.24) is 9.47 Å². The molecule has 3 aromatic rings. The van der Waals surface area contributed by atoms with E-state index in [4.69, 9.17) is 9.47 Å². The number of halogens is 3. The normalized spacial score (nSPS) is 17.1. The molecule has 0 bridgehead atoms. The largest absolute Gasteiger partial charge is 0.497 e. The first-order valence-corrected chi connectivity index (χ1v) is 10.2. The van der Waals surface area contributed by atoms with Gasteiger partial charge in [0, 0.05) is 43.2 Å². The molecule has 1 aromatic heterocycles. The van der Waals surface area contributed by atoms with E-state index in [1.807, 2.05) is 36.5 Å². The van der Waals surface area contributed by atoms with Crippen LogP contribution in [0.2, 0.25) is 0 Å². The third-order valence-electron chi connectivity index (χ3n) is 5.78. The van der Waals surface area contributed by atoms with Gasteiger partial charge in [0.2, 0.25) is 0 Å². The Morgan fingerprint density at radius 3 is 2.42 bits per heavy atom. The maximum absolute atomic E-state index is 13.1. The van der Waals surface area contributed by atoms with Crippen molar-refractivity contribution in [3.05, 3.63) is 83.2 Å². The summed E-state index contributed by atoms with van der Waals surface area (Å²) in [6, 6.07) is 15.1. The minimum absolute atomic E-state index is 0.161. The fraction of sp³-hybridized carbons (Fsp3) is 0.333. The van der Waals surface area contributed by atoms with E-state index in [1.165, 1.54) is 12.1 Å². The quantitative estimate of drug-likeness (QED) is 0.533. The maximum atomic E-state index is 13.1. The second kappa shape index (κ2) is 8.67. The van der Waals surface area contributed by atoms with Crippen molar-refractivity contribution < 1.29 is 22.6 Å². The SMILES string of the molecule is COc1ccc(CN2CCCn3cccc3C2c2ccc(C(F)(F)F)cc2)c(OC)c1. The van der Waals surface area contributed by atoms with Crippen molar-refractivity contribution in [2.24, 2.45) is 0 Å². The molecule has 0 saturated heterocycles. The number of hydrogen-bond acceptors (Lipinski definition) is 3. The second-order valence-corrected chi connectivity index (χ2v) is 7.65. The lowest BCUT2D eigenvalue weighted by Crippen LogP contribution is -2.29. The van der Waals surface area contributed by atoms with Gasteiger partial charge in [0.25, 0.3) is 0 Å². The molecular weight excluding hydrogens is 405 g/mol. The molecule has 1 aliphatic heterocycles. The molecule has 0 saturated carbocycles. The molecule has 0 radical (unpaired) electrons. The van der Waals surface area contributed by atoms with Crippen LogP contribution in [0.25, 0.3) is 0 Å². The number of hydrogen-bond donors (Lipinski definition) is 0. The van der Waals surface area contributed by atoms with E-state index in [0.29, 0.717) is 12.3 Å². The number of aromatic nitrogens is 1. The van der Waals surface area contributed by atoms with Crippen LogP contribution in [0.5, 0.6) is 11.5 Å². The minimum atomic E-state index is -4.35. The van der Waals surface area contributed by atoms with Crippen molar-refractivity contribution in [1.29, 1.82) is 0 Å². The highest BCUT2D eigenvalue weighted by atomic mass is 19.4. The summed E-state index contributed by atoms with van der Waals surface area (Å²) in [5.74, 6) is 1.44. The monoisotopic (exact) mass is 430 g/mol. The number of ether oxygens (including phenoxy) is 2. The topological polar surface area (TPSA) is 26.6 Å². The third kappa shape index (κ3) is 4.42. The number of nitrogens with zero attached hydrogens (tertiary/aromatic N) is 2. The zero-order valence-corrected chi connectivity index (χ0v) is 17.5. The fourth-order valence-corrected chi connectivity index (χ4v) is 4.25. The van der Waals surface area contributed by atoms with Crippen LogP contribution in [0.4, 0.5) is 13.2 Å². The Labute approximate surface area is 179 Å². The van der Waals surface area contributed by atoms with Gasteiger partial charge in [-0.05, 0) is 42.3 Å². The zero-order valence-electron chi connectivity index (χ0n) is 17.5. The van der Waals surface area contributed by atoms with Gasteiger partial charge in [0.1, 0.15) is 11.5 Å². The maximum Gasteiger partial charge on any atom is 0.416 e. The summed E-state index contributed by atoms with van der Waals surface area (Å²) in [6.45, 7) is 2.28. The summed E-state index contributed by atoms with van der Waals surface area (Å²) in [4.78, 5) is 2.30. The predicted octanol–water partition coefficient (Wildman–Crippen LogP) is 5.52. The summed E-state index contributed by atoms with van der Waals surface area (Å²) in [7, 11) is 3.23. The lowest BCUT2D eigenvalue weighted by atomic mass is 9.99. The Morgan fingerprint density at radius 2 is 1.74 bits per heavy atom. The standard InChI is InChI=1S/C24H25F3N2O2/c1-30-20-11-8-18(22(15-20)31-2)16-29-14-4-13-28-12-3-5-21(28)23(29)17-6-9-19(10-7-17)24(25,26)27/h3,5-12,15,23H,4,13-14,16H2,1-2H3. The Hall–Kier alpha value is -2.93. The molecule has 7 heteroatoms. The molecule has 164 valence electrons. The van der Waals surface area contributed by atoms with Crippen LogP contribution in [-0.2, 0) is 19.3 Å². The van der Waals surface area contributed by atoms with Crippen LogP contribution in [-0.4, -0.2) is 30.2 Å². The van der Waals surface area contributed by atoms with Crippen LogP contribution in [0.15, 0.2) is 60.8 Å². The number of rotatable bonds is 5. The van der Waals surface area contributed by atoms with Gasteiger partial charge in [-0.1, -0.05) is 18.2 Å². The Bertz CT molecular complexity index is 1030. The van der Waals surface area contributed by atoms with Crippen molar-refractivity contribution in [2.45, 2.75) is 31.7 Å². The zero-order chi connectivity index (χ0) is 22.0. The van der Waals surface area contributed by atoms with Gasteiger partial charge in [-0.3, -0.25) is 4.90 Å². The van der Waals surface area contributed by atoms with Crippen LogP contribution in [0.1, 0.15) is 34.8 Å². The molecule has 0 N–H and O–H groups in total. The summed E-state index contributed by atoms with van der Waals surface area (Å²) in [5, 5.41) is 0. The van der Waals surface area contributed by atoms with Crippen molar-refractivity contribution in [3.63, 3.8) is 0 Å². The molecule has 0 fully saturated rings. The van der Waals surface area contributed by atoms with Crippen molar-refractivity contribution in [3.8, 4) is 11.5 Å². The molecule has 1 unspecified atom stereocenters. The summed E-state index contributed by atoms with van der Waals surface area (Å²) in [6.07, 6.45) is -1.38. The van der Waals surface area contributed by atoms with Crippen LogP contribution < -0.4 is 9.47 Å². The molecule has 2 heterocycles. The van der Waals surface area contributed by atoms with Crippen molar-refractivity contribution >= 4 is 0 Å². The van der Waals surface area contributed by atoms with Gasteiger partial charge >= 0.3 is 6.18 Å². The first-order valence-electron chi connectivity index (χ1n) is 10.2. The van der Waals surface area contributed by atoms with E-state index in [2.05, 4.69) is 9.47 Å². The lowest BCUT2D eigenvalue weighted by Gasteiger charge is -2.31. The van der Waals surface area contributed by atoms with Gasteiger partial charge in [-0.15, -0.1) is 0 Å². The molecule has 4 nitrogen and oxygen atoms in total. The number of benzene rings is 2. The Morgan fingerprint density at radius 1 is 0.968 bits per heavy atom. The highest BCUT2D eigenvalue weighted by Crippen LogP contribution is 2.37. The first kappa shape index (κ1) is 21.3. The highest BCUT2D eigenvalue weighted by Gasteiger charge is 2.32. The Kier molecular flexibility index (Phi) is 5.96. The Balaban J connectivity index is 1.72. The number of alkyl halides is 3. The van der Waals surface area contributed by atoms with Crippen LogP contribution >= 0.6 is 0 Å². The average Bonchev–Trinajstić information content (AvgIpc) is 3.15. The van der Waals surface area contributed by atoms with Gasteiger partial charge in [-0.25, -0.2) is 0 Å². The highest BCUT2D eigenvalue weighted by molar-refractivity contribution is 5.41. The molecule has 4 rings (SSSR count). The molecule has 0 aliphatic carbocycles. The van der Waals surface area contributed by atoms with Gasteiger partial charge in [0.05, 0.1) is 25.8 Å². The number of methoxy groups -OCH3 is 2. The molecule has 2 aromatic carbocycles. The second-order valence-electron chi connectivity index (χ2n) is 7.65. The van der Waals surface area contributed by atoms with E-state index in [9.17, 15) is 13.2 Å². The molecule has 0 spiro atoms. The van der Waals surface area contributed by atoms with Crippen molar-refractivity contribution in [2.75, 3.05) is 20.8 Å². The van der Waals surface area contributed by atoms with Gasteiger partial charge < -0.3 is 14.0 Å². The lowest BCUT2D eigenvalue weighted by molar-refractivity contribution is -0.137. The third-order valence-corrected chi connectivity index (χ3v) is 5.78. The average molecular weight is 430 g/mol. The number of aryl methyl sites for hydroxylation is 1. The van der Waals surface area contributed by atoms with Crippen LogP contribution in [0.3, 0.4) is 0 Å². The van der Waals surface area contributed by atoms with E-state index >= 15 is 0 Å².